The molecule has 0 aliphatic rings. The van der Waals surface area contributed by atoms with E-state index in [0.29, 0.717) is 23.7 Å². The highest BCUT2D eigenvalue weighted by Gasteiger charge is 2.19. The molecule has 4 nitrogen and oxygen atoms in total. The van der Waals surface area contributed by atoms with E-state index in [4.69, 9.17) is 14.2 Å². The Morgan fingerprint density at radius 2 is 1.52 bits per heavy atom. The summed E-state index contributed by atoms with van der Waals surface area (Å²) in [6.07, 6.45) is 6.96. The Morgan fingerprint density at radius 1 is 0.952 bits per heavy atom. The first-order valence-corrected chi connectivity index (χ1v) is 7.62. The van der Waals surface area contributed by atoms with E-state index in [2.05, 4.69) is 6.92 Å². The second-order valence-corrected chi connectivity index (χ2v) is 4.94. The van der Waals surface area contributed by atoms with Gasteiger partial charge in [-0.25, -0.2) is 4.79 Å². The van der Waals surface area contributed by atoms with Gasteiger partial charge in [0.25, 0.3) is 0 Å². The van der Waals surface area contributed by atoms with E-state index in [1.807, 2.05) is 0 Å². The molecule has 0 unspecified atom stereocenters. The van der Waals surface area contributed by atoms with Crippen LogP contribution in [0.2, 0.25) is 0 Å². The summed E-state index contributed by atoms with van der Waals surface area (Å²) in [6.45, 7) is 2.63. The summed E-state index contributed by atoms with van der Waals surface area (Å²) in [5, 5.41) is 0. The van der Waals surface area contributed by atoms with Gasteiger partial charge in [0.2, 0.25) is 0 Å². The maximum absolute atomic E-state index is 12.2. The summed E-state index contributed by atoms with van der Waals surface area (Å²) < 4.78 is 15.7. The maximum Gasteiger partial charge on any atom is 0.345 e. The number of rotatable bonds is 10. The van der Waals surface area contributed by atoms with Crippen LogP contribution in [0.5, 0.6) is 11.5 Å². The average Bonchev–Trinajstić information content (AvgIpc) is 2.52. The smallest absolute Gasteiger partial charge is 0.345 e. The second-order valence-electron chi connectivity index (χ2n) is 4.94. The molecular weight excluding hydrogens is 268 g/mol. The molecule has 118 valence electrons. The first kappa shape index (κ1) is 17.3. The number of methoxy groups -OCH3 is 2. The van der Waals surface area contributed by atoms with Crippen molar-refractivity contribution in [1.29, 1.82) is 0 Å². The summed E-state index contributed by atoms with van der Waals surface area (Å²) in [6, 6.07) is 5.23. The minimum absolute atomic E-state index is 0.355. The molecule has 0 fully saturated rings. The molecular formula is C17H26O4. The van der Waals surface area contributed by atoms with Gasteiger partial charge >= 0.3 is 5.97 Å². The molecule has 4 heteroatoms. The van der Waals surface area contributed by atoms with Gasteiger partial charge in [0.05, 0.1) is 20.8 Å². The zero-order valence-corrected chi connectivity index (χ0v) is 13.3. The van der Waals surface area contributed by atoms with Crippen LogP contribution in [0, 0.1) is 0 Å². The number of ether oxygens (including phenoxy) is 3. The number of unbranched alkanes of at least 4 members (excludes halogenated alkanes) is 5. The Morgan fingerprint density at radius 3 is 2.10 bits per heavy atom. The van der Waals surface area contributed by atoms with Gasteiger partial charge in [0.15, 0.2) is 0 Å². The van der Waals surface area contributed by atoms with E-state index >= 15 is 0 Å². The average molecular weight is 294 g/mol. The van der Waals surface area contributed by atoms with E-state index in [-0.39, 0.29) is 0 Å². The van der Waals surface area contributed by atoms with E-state index in [9.17, 15) is 4.79 Å². The van der Waals surface area contributed by atoms with Crippen LogP contribution in [-0.4, -0.2) is 26.8 Å². The Labute approximate surface area is 127 Å². The molecule has 0 spiro atoms. The molecule has 0 bridgehead atoms. The van der Waals surface area contributed by atoms with Gasteiger partial charge in [-0.1, -0.05) is 45.1 Å². The van der Waals surface area contributed by atoms with Crippen molar-refractivity contribution in [3.05, 3.63) is 23.8 Å². The summed E-state index contributed by atoms with van der Waals surface area (Å²) in [4.78, 5) is 12.2. The van der Waals surface area contributed by atoms with Crippen molar-refractivity contribution in [1.82, 2.24) is 0 Å². The van der Waals surface area contributed by atoms with Crippen LogP contribution in [0.3, 0.4) is 0 Å². The first-order valence-electron chi connectivity index (χ1n) is 7.62. The number of carbonyl (C=O) groups is 1. The second kappa shape index (κ2) is 10.1. The Balaban J connectivity index is 2.45. The Kier molecular flexibility index (Phi) is 8.32. The van der Waals surface area contributed by atoms with Crippen molar-refractivity contribution < 1.29 is 19.0 Å². The SMILES string of the molecule is CCCCCCCCOC(=O)c1c(OC)cccc1OC. The van der Waals surface area contributed by atoms with Gasteiger partial charge in [-0.05, 0) is 18.6 Å². The number of hydrogen-bond donors (Lipinski definition) is 0. The van der Waals surface area contributed by atoms with E-state index < -0.39 is 5.97 Å². The zero-order valence-electron chi connectivity index (χ0n) is 13.3. The summed E-state index contributed by atoms with van der Waals surface area (Å²) in [5.74, 6) is 0.558. The monoisotopic (exact) mass is 294 g/mol. The van der Waals surface area contributed by atoms with Crippen LogP contribution in [-0.2, 0) is 4.74 Å². The molecule has 0 aliphatic heterocycles. The predicted molar refractivity (Wildman–Crippen MR) is 83.2 cm³/mol. The first-order chi connectivity index (χ1) is 10.2. The highest BCUT2D eigenvalue weighted by molar-refractivity contribution is 5.95. The summed E-state index contributed by atoms with van der Waals surface area (Å²) in [5.41, 5.74) is 0.355. The molecule has 1 aromatic carbocycles. The fourth-order valence-corrected chi connectivity index (χ4v) is 2.17. The molecule has 1 aromatic rings. The van der Waals surface area contributed by atoms with Crippen LogP contribution in [0.25, 0.3) is 0 Å². The van der Waals surface area contributed by atoms with Gasteiger partial charge in [-0.2, -0.15) is 0 Å². The molecule has 0 heterocycles. The standard InChI is InChI=1S/C17H26O4/c1-4-5-6-7-8-9-13-21-17(18)16-14(19-2)11-10-12-15(16)20-3/h10-12H,4-9,13H2,1-3H3. The quantitative estimate of drug-likeness (QED) is 0.479. The highest BCUT2D eigenvalue weighted by Crippen LogP contribution is 2.28. The summed E-state index contributed by atoms with van der Waals surface area (Å²) >= 11 is 0. The Hall–Kier alpha value is -1.71. The minimum Gasteiger partial charge on any atom is -0.496 e. The lowest BCUT2D eigenvalue weighted by molar-refractivity contribution is 0.0490. The lowest BCUT2D eigenvalue weighted by Crippen LogP contribution is -2.10. The van der Waals surface area contributed by atoms with Gasteiger partial charge < -0.3 is 14.2 Å². The van der Waals surface area contributed by atoms with E-state index in [1.165, 1.54) is 39.9 Å². The molecule has 0 saturated heterocycles. The van der Waals surface area contributed by atoms with Crippen molar-refractivity contribution in [2.45, 2.75) is 45.4 Å². The highest BCUT2D eigenvalue weighted by atomic mass is 16.5. The fourth-order valence-electron chi connectivity index (χ4n) is 2.17. The lowest BCUT2D eigenvalue weighted by Gasteiger charge is -2.12. The fraction of sp³-hybridized carbons (Fsp3) is 0.588. The molecule has 1 rings (SSSR count). The largest absolute Gasteiger partial charge is 0.496 e. The Bertz CT molecular complexity index is 407. The van der Waals surface area contributed by atoms with Crippen molar-refractivity contribution in [3.63, 3.8) is 0 Å². The van der Waals surface area contributed by atoms with Crippen LogP contribution in [0.1, 0.15) is 55.8 Å². The van der Waals surface area contributed by atoms with Crippen molar-refractivity contribution in [2.75, 3.05) is 20.8 Å². The number of benzene rings is 1. The number of esters is 1. The van der Waals surface area contributed by atoms with Gasteiger partial charge in [-0.3, -0.25) is 0 Å². The predicted octanol–water partition coefficient (Wildman–Crippen LogP) is 4.22. The molecule has 0 atom stereocenters. The third-order valence-corrected chi connectivity index (χ3v) is 3.36. The van der Waals surface area contributed by atoms with E-state index in [1.54, 1.807) is 18.2 Å². The van der Waals surface area contributed by atoms with Gasteiger partial charge in [0, 0.05) is 0 Å². The molecule has 0 aliphatic carbocycles. The minimum atomic E-state index is -0.391. The molecule has 0 saturated carbocycles. The zero-order chi connectivity index (χ0) is 15.5. The van der Waals surface area contributed by atoms with Gasteiger partial charge in [-0.15, -0.1) is 0 Å². The topological polar surface area (TPSA) is 44.8 Å². The normalized spacial score (nSPS) is 10.2. The molecule has 0 aromatic heterocycles. The number of carbonyl (C=O) groups excluding carboxylic acids is 1. The van der Waals surface area contributed by atoms with Crippen LogP contribution in [0.4, 0.5) is 0 Å². The van der Waals surface area contributed by atoms with Crippen molar-refractivity contribution in [2.24, 2.45) is 0 Å². The molecule has 0 N–H and O–H groups in total. The van der Waals surface area contributed by atoms with Crippen LogP contribution >= 0.6 is 0 Å². The molecule has 21 heavy (non-hydrogen) atoms. The number of hydrogen-bond acceptors (Lipinski definition) is 4. The van der Waals surface area contributed by atoms with E-state index in [0.717, 1.165) is 12.8 Å². The van der Waals surface area contributed by atoms with Gasteiger partial charge in [0.1, 0.15) is 17.1 Å². The maximum atomic E-state index is 12.2. The van der Waals surface area contributed by atoms with Crippen LogP contribution in [0.15, 0.2) is 18.2 Å². The van der Waals surface area contributed by atoms with Crippen LogP contribution < -0.4 is 9.47 Å². The van der Waals surface area contributed by atoms with Crippen molar-refractivity contribution >= 4 is 5.97 Å². The lowest BCUT2D eigenvalue weighted by atomic mass is 10.1. The third kappa shape index (κ3) is 5.66. The third-order valence-electron chi connectivity index (χ3n) is 3.36. The molecule has 0 radical (unpaired) electrons. The van der Waals surface area contributed by atoms with Crippen molar-refractivity contribution in [3.8, 4) is 11.5 Å². The molecule has 0 amide bonds. The summed E-state index contributed by atoms with van der Waals surface area (Å²) in [7, 11) is 3.05.